The van der Waals surface area contributed by atoms with Gasteiger partial charge in [0.25, 0.3) is 0 Å². The Bertz CT molecular complexity index is 324. The van der Waals surface area contributed by atoms with E-state index in [0.29, 0.717) is 0 Å². The van der Waals surface area contributed by atoms with Crippen molar-refractivity contribution in [2.45, 2.75) is 32.2 Å². The summed E-state index contributed by atoms with van der Waals surface area (Å²) in [5.74, 6) is 0.669. The first-order chi connectivity index (χ1) is 7.31. The van der Waals surface area contributed by atoms with Crippen LogP contribution in [-0.4, -0.2) is 6.54 Å². The third kappa shape index (κ3) is 2.37. The number of benzene rings is 1. The van der Waals surface area contributed by atoms with E-state index < -0.39 is 0 Å². The lowest BCUT2D eigenvalue weighted by Gasteiger charge is -2.30. The molecule has 0 spiro atoms. The molecule has 1 heterocycles. The number of rotatable bonds is 2. The molecule has 82 valence electrons. The number of piperidine rings is 1. The second-order valence-corrected chi connectivity index (χ2v) is 4.33. The fraction of sp³-hybridized carbons (Fsp3) is 0.538. The van der Waals surface area contributed by atoms with Crippen LogP contribution >= 0.6 is 0 Å². The Morgan fingerprint density at radius 1 is 1.40 bits per heavy atom. The van der Waals surface area contributed by atoms with Gasteiger partial charge in [0.05, 0.1) is 0 Å². The zero-order chi connectivity index (χ0) is 10.7. The van der Waals surface area contributed by atoms with Gasteiger partial charge in [-0.3, -0.25) is 0 Å². The Hall–Kier alpha value is -0.890. The van der Waals surface area contributed by atoms with Crippen LogP contribution in [-0.2, 0) is 0 Å². The molecule has 2 heteroatoms. The fourth-order valence-corrected chi connectivity index (χ4v) is 2.36. The number of nitrogens with one attached hydrogen (secondary N) is 1. The molecule has 15 heavy (non-hydrogen) atoms. The molecule has 1 nitrogen and oxygen atoms in total. The van der Waals surface area contributed by atoms with E-state index in [0.717, 1.165) is 24.4 Å². The Morgan fingerprint density at radius 3 is 2.93 bits per heavy atom. The van der Waals surface area contributed by atoms with Gasteiger partial charge >= 0.3 is 0 Å². The summed E-state index contributed by atoms with van der Waals surface area (Å²) in [4.78, 5) is 0. The number of halogens is 1. The summed E-state index contributed by atoms with van der Waals surface area (Å²) in [5, 5.41) is 3.40. The molecule has 1 N–H and O–H groups in total. The maximum atomic E-state index is 13.6. The van der Waals surface area contributed by atoms with Crippen LogP contribution in [0.4, 0.5) is 4.39 Å². The minimum atomic E-state index is -0.0771. The lowest BCUT2D eigenvalue weighted by molar-refractivity contribution is 0.294. The summed E-state index contributed by atoms with van der Waals surface area (Å²) in [6, 6.07) is 7.32. The van der Waals surface area contributed by atoms with Crippen LogP contribution < -0.4 is 5.32 Å². The molecule has 1 aromatic carbocycles. The predicted molar refractivity (Wildman–Crippen MR) is 60.2 cm³/mol. The van der Waals surface area contributed by atoms with Gasteiger partial charge in [0.2, 0.25) is 0 Å². The topological polar surface area (TPSA) is 12.0 Å². The van der Waals surface area contributed by atoms with Crippen LogP contribution in [0.15, 0.2) is 24.3 Å². The number of hydrogen-bond acceptors (Lipinski definition) is 1. The third-order valence-corrected chi connectivity index (χ3v) is 3.37. The van der Waals surface area contributed by atoms with Crippen molar-refractivity contribution in [1.29, 1.82) is 0 Å². The molecule has 0 bridgehead atoms. The molecule has 0 saturated carbocycles. The van der Waals surface area contributed by atoms with Crippen molar-refractivity contribution in [1.82, 2.24) is 5.32 Å². The Kier molecular flexibility index (Phi) is 3.37. The van der Waals surface area contributed by atoms with Crippen LogP contribution in [0.1, 0.15) is 37.8 Å². The van der Waals surface area contributed by atoms with Crippen molar-refractivity contribution in [3.05, 3.63) is 35.6 Å². The van der Waals surface area contributed by atoms with Crippen molar-refractivity contribution in [3.63, 3.8) is 0 Å². The normalized spacial score (nSPS) is 26.5. The molecule has 1 saturated heterocycles. The van der Waals surface area contributed by atoms with Gasteiger partial charge < -0.3 is 5.32 Å². The van der Waals surface area contributed by atoms with Gasteiger partial charge in [-0.05, 0) is 31.4 Å². The third-order valence-electron chi connectivity index (χ3n) is 3.37. The zero-order valence-electron chi connectivity index (χ0n) is 9.17. The standard InChI is InChI=1S/C13H18FN/c1-2-10-7-8-15-13(9-10)11-5-3-4-6-12(11)14/h3-6,10,13,15H,2,7-9H2,1H3. The summed E-state index contributed by atoms with van der Waals surface area (Å²) in [5.41, 5.74) is 0.829. The summed E-state index contributed by atoms with van der Waals surface area (Å²) in [6.45, 7) is 3.23. The molecular formula is C13H18FN. The van der Waals surface area contributed by atoms with Crippen LogP contribution in [0.25, 0.3) is 0 Å². The molecule has 1 aliphatic heterocycles. The van der Waals surface area contributed by atoms with Gasteiger partial charge in [-0.25, -0.2) is 4.39 Å². The van der Waals surface area contributed by atoms with E-state index in [-0.39, 0.29) is 11.9 Å². The SMILES string of the molecule is CCC1CCNC(c2ccccc2F)C1. The van der Waals surface area contributed by atoms with E-state index in [2.05, 4.69) is 12.2 Å². The van der Waals surface area contributed by atoms with E-state index in [1.807, 2.05) is 12.1 Å². The van der Waals surface area contributed by atoms with E-state index in [1.54, 1.807) is 12.1 Å². The summed E-state index contributed by atoms with van der Waals surface area (Å²) < 4.78 is 13.6. The smallest absolute Gasteiger partial charge is 0.127 e. The van der Waals surface area contributed by atoms with Crippen molar-refractivity contribution >= 4 is 0 Å². The zero-order valence-corrected chi connectivity index (χ0v) is 9.17. The highest BCUT2D eigenvalue weighted by atomic mass is 19.1. The minimum absolute atomic E-state index is 0.0771. The van der Waals surface area contributed by atoms with Gasteiger partial charge in [0.1, 0.15) is 5.82 Å². The highest BCUT2D eigenvalue weighted by Crippen LogP contribution is 2.30. The summed E-state index contributed by atoms with van der Waals surface area (Å²) in [7, 11) is 0. The van der Waals surface area contributed by atoms with Crippen molar-refractivity contribution in [3.8, 4) is 0 Å². The lowest BCUT2D eigenvalue weighted by Crippen LogP contribution is -2.32. The number of hydrogen-bond donors (Lipinski definition) is 1. The molecule has 1 aliphatic rings. The minimum Gasteiger partial charge on any atom is -0.310 e. The summed E-state index contributed by atoms with van der Waals surface area (Å²) >= 11 is 0. The first kappa shape index (κ1) is 10.6. The Morgan fingerprint density at radius 2 is 2.20 bits per heavy atom. The molecule has 1 aromatic rings. The second-order valence-electron chi connectivity index (χ2n) is 4.33. The first-order valence-electron chi connectivity index (χ1n) is 5.79. The Labute approximate surface area is 90.7 Å². The van der Waals surface area contributed by atoms with Crippen LogP contribution in [0.3, 0.4) is 0 Å². The Balaban J connectivity index is 2.13. The fourth-order valence-electron chi connectivity index (χ4n) is 2.36. The molecule has 2 atom stereocenters. The van der Waals surface area contributed by atoms with Gasteiger partial charge in [-0.2, -0.15) is 0 Å². The summed E-state index contributed by atoms with van der Waals surface area (Å²) in [6.07, 6.45) is 3.49. The molecule has 0 radical (unpaired) electrons. The first-order valence-corrected chi connectivity index (χ1v) is 5.79. The van der Waals surface area contributed by atoms with E-state index in [4.69, 9.17) is 0 Å². The highest BCUT2D eigenvalue weighted by Gasteiger charge is 2.23. The molecule has 0 aromatic heterocycles. The van der Waals surface area contributed by atoms with E-state index in [1.165, 1.54) is 12.8 Å². The largest absolute Gasteiger partial charge is 0.310 e. The van der Waals surface area contributed by atoms with Crippen LogP contribution in [0.2, 0.25) is 0 Å². The van der Waals surface area contributed by atoms with E-state index in [9.17, 15) is 4.39 Å². The second kappa shape index (κ2) is 4.75. The molecule has 0 aliphatic carbocycles. The maximum Gasteiger partial charge on any atom is 0.127 e. The molecule has 2 rings (SSSR count). The molecule has 2 unspecified atom stereocenters. The average Bonchev–Trinajstić information content (AvgIpc) is 2.30. The van der Waals surface area contributed by atoms with Gasteiger partial charge in [-0.1, -0.05) is 31.5 Å². The van der Waals surface area contributed by atoms with Crippen LogP contribution in [0.5, 0.6) is 0 Å². The molecule has 1 fully saturated rings. The van der Waals surface area contributed by atoms with Gasteiger partial charge in [0.15, 0.2) is 0 Å². The van der Waals surface area contributed by atoms with Gasteiger partial charge in [0, 0.05) is 11.6 Å². The molecular weight excluding hydrogens is 189 g/mol. The van der Waals surface area contributed by atoms with Crippen molar-refractivity contribution in [2.75, 3.05) is 6.54 Å². The monoisotopic (exact) mass is 207 g/mol. The van der Waals surface area contributed by atoms with Crippen LogP contribution in [0, 0.1) is 11.7 Å². The average molecular weight is 207 g/mol. The lowest BCUT2D eigenvalue weighted by atomic mass is 9.87. The molecule has 0 amide bonds. The van der Waals surface area contributed by atoms with Crippen molar-refractivity contribution < 1.29 is 4.39 Å². The van der Waals surface area contributed by atoms with E-state index >= 15 is 0 Å². The highest BCUT2D eigenvalue weighted by molar-refractivity contribution is 5.21. The predicted octanol–water partition coefficient (Wildman–Crippen LogP) is 3.28. The van der Waals surface area contributed by atoms with Crippen molar-refractivity contribution in [2.24, 2.45) is 5.92 Å². The van der Waals surface area contributed by atoms with Gasteiger partial charge in [-0.15, -0.1) is 0 Å². The quantitative estimate of drug-likeness (QED) is 0.784. The maximum absolute atomic E-state index is 13.6.